The monoisotopic (exact) mass is 426 g/mol. The van der Waals surface area contributed by atoms with E-state index < -0.39 is 20.2 Å². The van der Waals surface area contributed by atoms with Crippen LogP contribution < -0.4 is 9.07 Å². The largest absolute Gasteiger partial charge is 0.374 e. The second kappa shape index (κ2) is 7.69. The van der Waals surface area contributed by atoms with E-state index in [4.69, 9.17) is 9.07 Å². The molecule has 3 rings (SSSR count). The van der Waals surface area contributed by atoms with Gasteiger partial charge in [-0.1, -0.05) is 51.6 Å². The maximum absolute atomic E-state index is 12.3. The normalized spacial score (nSPS) is 11.9. The van der Waals surface area contributed by atoms with Crippen molar-refractivity contribution >= 4 is 31.6 Å². The van der Waals surface area contributed by atoms with Crippen molar-refractivity contribution in [2.24, 2.45) is 0 Å². The van der Waals surface area contributed by atoms with Crippen LogP contribution in [0.4, 0.5) is 0 Å². The summed E-state index contributed by atoms with van der Waals surface area (Å²) in [5, 5.41) is 1.33. The summed E-state index contributed by atoms with van der Waals surface area (Å²) >= 11 is 0.923. The van der Waals surface area contributed by atoms with Gasteiger partial charge in [0.2, 0.25) is 0 Å². The number of thiophene rings is 1. The highest BCUT2D eigenvalue weighted by Crippen LogP contribution is 2.36. The van der Waals surface area contributed by atoms with Crippen LogP contribution in [0.1, 0.15) is 5.56 Å². The molecule has 0 aliphatic rings. The molecule has 7 nitrogen and oxygen atoms in total. The Hall–Kier alpha value is -2.40. The van der Waals surface area contributed by atoms with Crippen LogP contribution >= 0.6 is 11.3 Å². The van der Waals surface area contributed by atoms with Gasteiger partial charge in [0.25, 0.3) is 5.06 Å². The van der Waals surface area contributed by atoms with Crippen molar-refractivity contribution in [3.05, 3.63) is 71.6 Å². The molecule has 10 heteroatoms. The maximum atomic E-state index is 12.3. The summed E-state index contributed by atoms with van der Waals surface area (Å²) in [6, 6.07) is 14.8. The number of rotatable bonds is 7. The van der Waals surface area contributed by atoms with E-state index >= 15 is 0 Å². The van der Waals surface area contributed by atoms with E-state index in [-0.39, 0.29) is 20.6 Å². The molecule has 0 saturated carbocycles. The Morgan fingerprint density at radius 1 is 0.778 bits per heavy atom. The van der Waals surface area contributed by atoms with Crippen molar-refractivity contribution in [1.29, 1.82) is 0 Å². The summed E-state index contributed by atoms with van der Waals surface area (Å²) in [7, 11) is -8.28. The molecule has 0 spiro atoms. The highest BCUT2D eigenvalue weighted by molar-refractivity contribution is 7.87. The molecule has 0 bridgehead atoms. The summed E-state index contributed by atoms with van der Waals surface area (Å²) in [5.74, 6) is -0.178. The fourth-order valence-electron chi connectivity index (χ4n) is 1.98. The molecule has 0 N–H and O–H groups in total. The predicted octanol–water partition coefficient (Wildman–Crippen LogP) is 3.52. The van der Waals surface area contributed by atoms with Crippen molar-refractivity contribution in [1.82, 2.24) is 0 Å². The molecule has 1 aromatic heterocycles. The molecule has 1 heterocycles. The third-order valence-electron chi connectivity index (χ3n) is 3.34. The summed E-state index contributed by atoms with van der Waals surface area (Å²) < 4.78 is 58.5. The minimum Gasteiger partial charge on any atom is -0.374 e. The van der Waals surface area contributed by atoms with Crippen molar-refractivity contribution in [2.45, 2.75) is 16.7 Å². The maximum Gasteiger partial charge on any atom is 0.339 e. The molecule has 0 radical (unpaired) electrons. The first-order chi connectivity index (χ1) is 12.8. The first-order valence-electron chi connectivity index (χ1n) is 7.53. The molecule has 0 saturated heterocycles. The smallest absolute Gasteiger partial charge is 0.339 e. The van der Waals surface area contributed by atoms with E-state index in [0.717, 1.165) is 16.9 Å². The number of hydrogen-bond donors (Lipinski definition) is 0. The van der Waals surface area contributed by atoms with E-state index in [1.807, 2.05) is 6.92 Å². The molecular weight excluding hydrogens is 412 g/mol. The Bertz CT molecular complexity index is 1120. The number of aryl methyl sites for hydroxylation is 1. The second-order valence-corrected chi connectivity index (χ2v) is 9.28. The van der Waals surface area contributed by atoms with Crippen LogP contribution in [0.5, 0.6) is 10.8 Å². The zero-order chi connectivity index (χ0) is 19.5. The van der Waals surface area contributed by atoms with Crippen LogP contribution in [0.25, 0.3) is 0 Å². The lowest BCUT2D eigenvalue weighted by molar-refractivity contribution is -0.0896. The SMILES string of the molecule is Cc1ccc(S(=O)(=O)OOc2sccc2OS(=O)(=O)c2ccccc2)cc1. The van der Waals surface area contributed by atoms with Crippen LogP contribution in [0.3, 0.4) is 0 Å². The molecule has 3 aromatic rings. The van der Waals surface area contributed by atoms with E-state index in [9.17, 15) is 16.8 Å². The highest BCUT2D eigenvalue weighted by atomic mass is 32.2. The topological polar surface area (TPSA) is 96.0 Å². The summed E-state index contributed by atoms with van der Waals surface area (Å²) in [6.45, 7) is 1.82. The molecule has 142 valence electrons. The fraction of sp³-hybridized carbons (Fsp3) is 0.0588. The van der Waals surface area contributed by atoms with Gasteiger partial charge < -0.3 is 9.07 Å². The second-order valence-electron chi connectivity index (χ2n) is 5.34. The van der Waals surface area contributed by atoms with E-state index in [0.29, 0.717) is 0 Å². The zero-order valence-corrected chi connectivity index (χ0v) is 16.4. The van der Waals surface area contributed by atoms with Gasteiger partial charge in [0.15, 0.2) is 5.75 Å². The molecule has 0 unspecified atom stereocenters. The Morgan fingerprint density at radius 2 is 1.41 bits per heavy atom. The quantitative estimate of drug-likeness (QED) is 0.324. The van der Waals surface area contributed by atoms with E-state index in [1.54, 1.807) is 30.3 Å². The van der Waals surface area contributed by atoms with Gasteiger partial charge in [-0.25, -0.2) is 0 Å². The molecule has 0 amide bonds. The van der Waals surface area contributed by atoms with Gasteiger partial charge in [0.1, 0.15) is 4.90 Å². The van der Waals surface area contributed by atoms with Crippen molar-refractivity contribution in [2.75, 3.05) is 0 Å². The van der Waals surface area contributed by atoms with Crippen LogP contribution in [-0.2, 0) is 24.6 Å². The zero-order valence-electron chi connectivity index (χ0n) is 13.9. The standard InChI is InChI=1S/C17H14O7S3/c1-13-7-9-15(10-8-13)27(20,21)24-22-17-16(11-12-25-17)23-26(18,19)14-5-3-2-4-6-14/h2-12H,1H3. The fourth-order valence-corrected chi connectivity index (χ4v) is 4.35. The summed E-state index contributed by atoms with van der Waals surface area (Å²) in [4.78, 5) is 4.71. The molecule has 2 aromatic carbocycles. The molecule has 27 heavy (non-hydrogen) atoms. The van der Waals surface area contributed by atoms with E-state index in [1.165, 1.54) is 35.7 Å². The van der Waals surface area contributed by atoms with Crippen LogP contribution in [-0.4, -0.2) is 16.8 Å². The van der Waals surface area contributed by atoms with Gasteiger partial charge in [-0.2, -0.15) is 16.8 Å². The summed E-state index contributed by atoms with van der Waals surface area (Å²) in [6.07, 6.45) is 0. The van der Waals surface area contributed by atoms with Gasteiger partial charge in [0, 0.05) is 0 Å². The van der Waals surface area contributed by atoms with Crippen LogP contribution in [0, 0.1) is 6.92 Å². The molecule has 0 aliphatic heterocycles. The molecule has 0 aliphatic carbocycles. The molecule has 0 fully saturated rings. The molecule has 0 atom stereocenters. The summed E-state index contributed by atoms with van der Waals surface area (Å²) in [5.41, 5.74) is 0.884. The first kappa shape index (κ1) is 19.4. The van der Waals surface area contributed by atoms with Crippen LogP contribution in [0.2, 0.25) is 0 Å². The third-order valence-corrected chi connectivity index (χ3v) is 6.44. The Kier molecular flexibility index (Phi) is 5.51. The van der Waals surface area contributed by atoms with Gasteiger partial charge in [-0.05, 0) is 42.6 Å². The Morgan fingerprint density at radius 3 is 2.07 bits per heavy atom. The number of hydrogen-bond acceptors (Lipinski definition) is 8. The van der Waals surface area contributed by atoms with Crippen LogP contribution in [0.15, 0.2) is 75.8 Å². The average molecular weight is 426 g/mol. The third kappa shape index (κ3) is 4.66. The predicted molar refractivity (Wildman–Crippen MR) is 98.7 cm³/mol. The Balaban J connectivity index is 1.75. The highest BCUT2D eigenvalue weighted by Gasteiger charge is 2.23. The lowest BCUT2D eigenvalue weighted by Crippen LogP contribution is -2.11. The lowest BCUT2D eigenvalue weighted by atomic mass is 10.2. The van der Waals surface area contributed by atoms with Gasteiger partial charge in [-0.3, -0.25) is 0 Å². The van der Waals surface area contributed by atoms with Crippen molar-refractivity contribution in [3.8, 4) is 10.8 Å². The first-order valence-corrected chi connectivity index (χ1v) is 11.2. The Labute approximate surface area is 160 Å². The van der Waals surface area contributed by atoms with Gasteiger partial charge >= 0.3 is 20.2 Å². The number of benzene rings is 2. The van der Waals surface area contributed by atoms with Gasteiger partial charge in [0.05, 0.1) is 4.90 Å². The molecular formula is C17H14O7S3. The lowest BCUT2D eigenvalue weighted by Gasteiger charge is -2.08. The van der Waals surface area contributed by atoms with E-state index in [2.05, 4.69) is 4.33 Å². The minimum atomic E-state index is -4.19. The minimum absolute atomic E-state index is 0.0460. The van der Waals surface area contributed by atoms with Gasteiger partial charge in [-0.15, -0.1) is 0 Å². The average Bonchev–Trinajstić information content (AvgIpc) is 3.07. The van der Waals surface area contributed by atoms with Crippen molar-refractivity contribution < 1.29 is 30.2 Å². The van der Waals surface area contributed by atoms with Crippen molar-refractivity contribution in [3.63, 3.8) is 0 Å².